The van der Waals surface area contributed by atoms with E-state index in [4.69, 9.17) is 0 Å². The van der Waals surface area contributed by atoms with Crippen LogP contribution < -0.4 is 26.2 Å². The smallest absolute Gasteiger partial charge is 0.252 e. The SMILES string of the molecule is Cc1cc2c(cc1N1c3cc4c(cc3B3c5cc6c(cc5N(c5ccc(C(C)(C)c7ccccc7)cc5-c5ccccc5)c5cc(C(C)(C)C)cc1c53)C(C)(C)CC6(C)C)C(C)(C)CC4(C)C)C(C)(C)CCC2(C)C. The van der Waals surface area contributed by atoms with Crippen molar-refractivity contribution in [3.05, 3.63) is 183 Å². The Morgan fingerprint density at radius 3 is 1.31 bits per heavy atom. The van der Waals surface area contributed by atoms with E-state index in [0.717, 1.165) is 12.8 Å². The first-order valence-electron chi connectivity index (χ1n) is 28.5. The molecule has 0 N–H and O–H groups in total. The van der Waals surface area contributed by atoms with Gasteiger partial charge in [-0.15, -0.1) is 0 Å². The minimum absolute atomic E-state index is 0.00801. The second kappa shape index (κ2) is 15.9. The van der Waals surface area contributed by atoms with Gasteiger partial charge in [0.25, 0.3) is 6.71 Å². The molecule has 7 aromatic rings. The van der Waals surface area contributed by atoms with Crippen LogP contribution in [0.25, 0.3) is 11.1 Å². The van der Waals surface area contributed by atoms with Crippen molar-refractivity contribution in [1.29, 1.82) is 0 Å². The lowest BCUT2D eigenvalue weighted by molar-refractivity contribution is 0.332. The van der Waals surface area contributed by atoms with Crippen LogP contribution in [-0.2, 0) is 43.3 Å². The third kappa shape index (κ3) is 7.46. The van der Waals surface area contributed by atoms with Crippen molar-refractivity contribution in [2.45, 2.75) is 194 Å². The Bertz CT molecular complexity index is 3520. The van der Waals surface area contributed by atoms with E-state index < -0.39 is 0 Å². The molecule has 0 unspecified atom stereocenters. The van der Waals surface area contributed by atoms with Crippen molar-refractivity contribution in [1.82, 2.24) is 0 Å². The summed E-state index contributed by atoms with van der Waals surface area (Å²) in [6.07, 6.45) is 4.60. The lowest BCUT2D eigenvalue weighted by Crippen LogP contribution is -2.62. The van der Waals surface area contributed by atoms with Crippen LogP contribution in [0.3, 0.4) is 0 Å². The second-order valence-electron chi connectivity index (χ2n) is 29.6. The van der Waals surface area contributed by atoms with E-state index in [1.165, 1.54) is 130 Å². The number of benzene rings is 7. The molecule has 0 bridgehead atoms. The van der Waals surface area contributed by atoms with Crippen molar-refractivity contribution >= 4 is 57.2 Å². The van der Waals surface area contributed by atoms with E-state index in [1.54, 1.807) is 0 Å². The highest BCUT2D eigenvalue weighted by molar-refractivity contribution is 7.00. The van der Waals surface area contributed by atoms with Crippen LogP contribution in [0.4, 0.5) is 34.1 Å². The molecule has 0 saturated heterocycles. The Hall–Kier alpha value is -5.80. The largest absolute Gasteiger partial charge is 0.311 e. The maximum Gasteiger partial charge on any atom is 0.252 e. The highest BCUT2D eigenvalue weighted by Gasteiger charge is 2.51. The van der Waals surface area contributed by atoms with Crippen molar-refractivity contribution in [2.24, 2.45) is 0 Å². The molecule has 0 spiro atoms. The molecule has 384 valence electrons. The summed E-state index contributed by atoms with van der Waals surface area (Å²) >= 11 is 0. The Labute approximate surface area is 452 Å². The maximum atomic E-state index is 2.78. The zero-order valence-electron chi connectivity index (χ0n) is 48.9. The van der Waals surface area contributed by atoms with Gasteiger partial charge in [0.05, 0.1) is 5.69 Å². The molecule has 3 heteroatoms. The number of nitrogens with zero attached hydrogens (tertiary/aromatic N) is 2. The summed E-state index contributed by atoms with van der Waals surface area (Å²) in [5, 5.41) is 0. The van der Waals surface area contributed by atoms with Crippen molar-refractivity contribution in [2.75, 3.05) is 9.80 Å². The number of hydrogen-bond donors (Lipinski definition) is 0. The first-order chi connectivity index (χ1) is 34.9. The third-order valence-corrected chi connectivity index (χ3v) is 19.8. The summed E-state index contributed by atoms with van der Waals surface area (Å²) in [7, 11) is 0. The summed E-state index contributed by atoms with van der Waals surface area (Å²) in [6.45, 7) is 44.4. The standard InChI is InChI=1S/C72H83BN2/c1-44-33-50-53(67(7,8)32-31-66(50,5)6)39-59(44)75-61-41-55-52(69(11,12)43-71(55,15)16)38-57(61)73-56-37-51-54(70(13,14)42-68(51,9)10)40-60(56)74(62-35-48(65(2,3)4)36-63(75)64(62)73)58-30-29-47(34-49(58)45-25-21-19-22-26-45)72(17,18)46-27-23-20-24-28-46/h19-30,33-41H,31-32,42-43H2,1-18H3. The van der Waals surface area contributed by atoms with E-state index in [0.29, 0.717) is 0 Å². The minimum atomic E-state index is -0.223. The quantitative estimate of drug-likeness (QED) is 0.159. The van der Waals surface area contributed by atoms with Gasteiger partial charge in [-0.2, -0.15) is 0 Å². The van der Waals surface area contributed by atoms with Gasteiger partial charge in [-0.25, -0.2) is 0 Å². The highest BCUT2D eigenvalue weighted by atomic mass is 15.2. The molecular formula is C72H83BN2. The first kappa shape index (κ1) is 50.0. The van der Waals surface area contributed by atoms with E-state index in [2.05, 4.69) is 262 Å². The molecule has 0 atom stereocenters. The number of hydrogen-bond acceptors (Lipinski definition) is 2. The first-order valence-corrected chi connectivity index (χ1v) is 28.5. The van der Waals surface area contributed by atoms with E-state index >= 15 is 0 Å². The summed E-state index contributed by atoms with van der Waals surface area (Å²) in [5.41, 5.74) is 28.8. The van der Waals surface area contributed by atoms with Crippen LogP contribution in [0.15, 0.2) is 127 Å². The third-order valence-electron chi connectivity index (χ3n) is 19.8. The number of fused-ring (bicyclic) bond motifs is 7. The monoisotopic (exact) mass is 987 g/mol. The highest BCUT2D eigenvalue weighted by Crippen LogP contribution is 2.57. The van der Waals surface area contributed by atoms with Gasteiger partial charge in [0.2, 0.25) is 0 Å². The molecule has 0 fully saturated rings. The molecule has 75 heavy (non-hydrogen) atoms. The average molecular weight is 987 g/mol. The van der Waals surface area contributed by atoms with E-state index in [9.17, 15) is 0 Å². The fraction of sp³-hybridized carbons (Fsp3) is 0.417. The van der Waals surface area contributed by atoms with Crippen molar-refractivity contribution < 1.29 is 0 Å². The molecule has 3 aliphatic carbocycles. The molecule has 0 saturated carbocycles. The van der Waals surface area contributed by atoms with Gasteiger partial charge in [0, 0.05) is 39.4 Å². The summed E-state index contributed by atoms with van der Waals surface area (Å²) < 4.78 is 0. The van der Waals surface area contributed by atoms with Gasteiger partial charge in [-0.05, 0) is 191 Å². The van der Waals surface area contributed by atoms with Gasteiger partial charge in [-0.1, -0.05) is 203 Å². The predicted octanol–water partition coefficient (Wildman–Crippen LogP) is 17.6. The van der Waals surface area contributed by atoms with Gasteiger partial charge < -0.3 is 9.80 Å². The molecule has 0 amide bonds. The predicted molar refractivity (Wildman–Crippen MR) is 325 cm³/mol. The Balaban J connectivity index is 1.24. The van der Waals surface area contributed by atoms with Gasteiger partial charge in [0.15, 0.2) is 0 Å². The Morgan fingerprint density at radius 2 is 0.813 bits per heavy atom. The van der Waals surface area contributed by atoms with Crippen LogP contribution in [0.1, 0.15) is 199 Å². The fourth-order valence-corrected chi connectivity index (χ4v) is 15.8. The van der Waals surface area contributed by atoms with Crippen molar-refractivity contribution in [3.63, 3.8) is 0 Å². The molecule has 12 rings (SSSR count). The summed E-state index contributed by atoms with van der Waals surface area (Å²) in [5.74, 6) is 0. The van der Waals surface area contributed by atoms with Crippen LogP contribution in [0.2, 0.25) is 0 Å². The maximum absolute atomic E-state index is 2.78. The van der Waals surface area contributed by atoms with E-state index in [1.807, 2.05) is 0 Å². The van der Waals surface area contributed by atoms with Crippen LogP contribution in [0, 0.1) is 6.92 Å². The fourth-order valence-electron chi connectivity index (χ4n) is 15.8. The average Bonchev–Trinajstić information content (AvgIpc) is 3.76. The van der Waals surface area contributed by atoms with E-state index in [-0.39, 0.29) is 50.0 Å². The number of aryl methyl sites for hydroxylation is 1. The molecule has 0 aromatic heterocycles. The summed E-state index contributed by atoms with van der Waals surface area (Å²) in [6, 6.07) is 51.0. The van der Waals surface area contributed by atoms with Gasteiger partial charge in [0.1, 0.15) is 0 Å². The molecule has 2 nitrogen and oxygen atoms in total. The molecule has 2 heterocycles. The minimum Gasteiger partial charge on any atom is -0.311 e. The zero-order valence-corrected chi connectivity index (χ0v) is 48.9. The topological polar surface area (TPSA) is 6.48 Å². The van der Waals surface area contributed by atoms with Crippen LogP contribution >= 0.6 is 0 Å². The number of rotatable bonds is 5. The second-order valence-corrected chi connectivity index (χ2v) is 29.6. The lowest BCUT2D eigenvalue weighted by Gasteiger charge is -2.47. The lowest BCUT2D eigenvalue weighted by atomic mass is 9.33. The molecule has 5 aliphatic rings. The molecule has 0 radical (unpaired) electrons. The molecule has 2 aliphatic heterocycles. The molecule has 7 aromatic carbocycles. The van der Waals surface area contributed by atoms with Crippen LogP contribution in [-0.4, -0.2) is 6.71 Å². The summed E-state index contributed by atoms with van der Waals surface area (Å²) in [4.78, 5) is 5.53. The number of anilines is 6. The Kier molecular flexibility index (Phi) is 10.6. The van der Waals surface area contributed by atoms with Crippen LogP contribution in [0.5, 0.6) is 0 Å². The van der Waals surface area contributed by atoms with Gasteiger partial charge >= 0.3 is 0 Å². The normalized spacial score (nSPS) is 19.7. The van der Waals surface area contributed by atoms with Gasteiger partial charge in [-0.3, -0.25) is 0 Å². The van der Waals surface area contributed by atoms with Crippen molar-refractivity contribution in [3.8, 4) is 11.1 Å². The Morgan fingerprint density at radius 1 is 0.387 bits per heavy atom. The zero-order chi connectivity index (χ0) is 53.5. The molecular weight excluding hydrogens is 904 g/mol.